The molecule has 10 heteroatoms. The molecule has 0 aliphatic rings. The average molecular weight is 545 g/mol. The Balaban J connectivity index is 1.42. The van der Waals surface area contributed by atoms with E-state index in [1.54, 1.807) is 18.2 Å². The number of amides is 1. The first kappa shape index (κ1) is 23.9. The number of halogens is 3. The second-order valence-electron chi connectivity index (χ2n) is 6.74. The number of carbonyl (C=O) groups is 1. The molecule has 0 spiro atoms. The largest absolute Gasteiger partial charge is 0.492 e. The Kier molecular flexibility index (Phi) is 8.66. The number of anilines is 1. The number of carbonyl (C=O) groups excluding carboxylic acids is 1. The van der Waals surface area contributed by atoms with Crippen LogP contribution in [0, 0.1) is 13.8 Å². The van der Waals surface area contributed by atoms with Gasteiger partial charge in [-0.3, -0.25) is 4.79 Å². The lowest BCUT2D eigenvalue weighted by atomic mass is 10.1. The minimum absolute atomic E-state index is 0.133. The monoisotopic (exact) mass is 543 g/mol. The summed E-state index contributed by atoms with van der Waals surface area (Å²) in [6.45, 7) is 4.35. The maximum atomic E-state index is 12.3. The van der Waals surface area contributed by atoms with Crippen LogP contribution in [0.3, 0.4) is 0 Å². The number of aryl methyl sites for hydroxylation is 3. The van der Waals surface area contributed by atoms with Gasteiger partial charge in [-0.05, 0) is 61.7 Å². The highest BCUT2D eigenvalue weighted by Gasteiger charge is 2.12. The van der Waals surface area contributed by atoms with Gasteiger partial charge >= 0.3 is 0 Å². The minimum atomic E-state index is -0.133. The molecule has 3 aromatic rings. The number of nitrogens with zero attached hydrogens (tertiary/aromatic N) is 2. The summed E-state index contributed by atoms with van der Waals surface area (Å²) in [5.41, 5.74) is 2.81. The lowest BCUT2D eigenvalue weighted by Gasteiger charge is -2.11. The molecule has 1 heterocycles. The van der Waals surface area contributed by atoms with E-state index in [4.69, 9.17) is 32.4 Å². The van der Waals surface area contributed by atoms with E-state index in [0.29, 0.717) is 46.4 Å². The Morgan fingerprint density at radius 1 is 1.19 bits per heavy atom. The predicted molar refractivity (Wildman–Crippen MR) is 128 cm³/mol. The summed E-state index contributed by atoms with van der Waals surface area (Å²) in [7, 11) is 0. The molecule has 0 aliphatic carbocycles. The molecule has 0 unspecified atom stereocenters. The third-order valence-electron chi connectivity index (χ3n) is 4.22. The Morgan fingerprint density at radius 3 is 2.65 bits per heavy atom. The van der Waals surface area contributed by atoms with Crippen LogP contribution in [0.5, 0.6) is 5.75 Å². The van der Waals surface area contributed by atoms with Crippen LogP contribution in [-0.4, -0.2) is 28.5 Å². The van der Waals surface area contributed by atoms with Crippen molar-refractivity contribution in [1.82, 2.24) is 10.2 Å². The van der Waals surface area contributed by atoms with E-state index in [0.717, 1.165) is 21.3 Å². The van der Waals surface area contributed by atoms with Crippen molar-refractivity contribution < 1.29 is 13.9 Å². The second-order valence-corrected chi connectivity index (χ2v) is 9.43. The molecule has 164 valence electrons. The summed E-state index contributed by atoms with van der Waals surface area (Å²) < 4.78 is 12.2. The first-order valence-electron chi connectivity index (χ1n) is 9.41. The van der Waals surface area contributed by atoms with Crippen LogP contribution < -0.4 is 10.1 Å². The van der Waals surface area contributed by atoms with Crippen molar-refractivity contribution in [3.8, 4) is 5.75 Å². The molecule has 0 bridgehead atoms. The number of thioether (sulfide) groups is 1. The van der Waals surface area contributed by atoms with Crippen LogP contribution in [0.4, 0.5) is 5.69 Å². The van der Waals surface area contributed by atoms with E-state index in [-0.39, 0.29) is 11.7 Å². The number of hydrogen-bond donors (Lipinski definition) is 1. The molecule has 31 heavy (non-hydrogen) atoms. The highest BCUT2D eigenvalue weighted by Crippen LogP contribution is 2.28. The van der Waals surface area contributed by atoms with Crippen molar-refractivity contribution in [2.24, 2.45) is 0 Å². The average Bonchev–Trinajstić information content (AvgIpc) is 3.15. The zero-order chi connectivity index (χ0) is 22.4. The third-order valence-corrected chi connectivity index (χ3v) is 6.03. The van der Waals surface area contributed by atoms with Crippen molar-refractivity contribution in [3.05, 3.63) is 61.9 Å². The van der Waals surface area contributed by atoms with Crippen molar-refractivity contribution >= 4 is 62.5 Å². The predicted octanol–water partition coefficient (Wildman–Crippen LogP) is 6.50. The highest BCUT2D eigenvalue weighted by atomic mass is 79.9. The van der Waals surface area contributed by atoms with Gasteiger partial charge < -0.3 is 14.5 Å². The molecule has 2 aromatic carbocycles. The quantitative estimate of drug-likeness (QED) is 0.245. The molecule has 1 N–H and O–H groups in total. The maximum absolute atomic E-state index is 12.3. The zero-order valence-electron chi connectivity index (χ0n) is 16.9. The summed E-state index contributed by atoms with van der Waals surface area (Å²) in [6.07, 6.45) is 1.23. The van der Waals surface area contributed by atoms with Gasteiger partial charge in [0.15, 0.2) is 0 Å². The molecule has 0 saturated carbocycles. The fraction of sp³-hybridized carbons (Fsp3) is 0.286. The van der Waals surface area contributed by atoms with Gasteiger partial charge in [-0.25, -0.2) is 0 Å². The summed E-state index contributed by atoms with van der Waals surface area (Å²) in [5.74, 6) is 1.12. The first-order chi connectivity index (χ1) is 14.8. The summed E-state index contributed by atoms with van der Waals surface area (Å²) in [5, 5.41) is 12.3. The molecule has 0 radical (unpaired) electrons. The number of nitrogens with one attached hydrogen (secondary N) is 1. The second kappa shape index (κ2) is 11.2. The van der Waals surface area contributed by atoms with Crippen LogP contribution in [0.25, 0.3) is 0 Å². The first-order valence-corrected chi connectivity index (χ1v) is 11.9. The van der Waals surface area contributed by atoms with Gasteiger partial charge in [0.05, 0.1) is 17.4 Å². The van der Waals surface area contributed by atoms with Crippen LogP contribution in [0.2, 0.25) is 10.0 Å². The van der Waals surface area contributed by atoms with Crippen LogP contribution >= 0.6 is 50.9 Å². The van der Waals surface area contributed by atoms with E-state index in [1.165, 1.54) is 11.8 Å². The number of benzene rings is 2. The molecule has 6 nitrogen and oxygen atoms in total. The van der Waals surface area contributed by atoms with E-state index >= 15 is 0 Å². The molecular formula is C21H20BrCl2N3O3S. The van der Waals surface area contributed by atoms with E-state index in [1.807, 2.05) is 26.0 Å². The van der Waals surface area contributed by atoms with Crippen molar-refractivity contribution in [1.29, 1.82) is 0 Å². The van der Waals surface area contributed by atoms with Crippen molar-refractivity contribution in [2.45, 2.75) is 31.9 Å². The molecule has 3 rings (SSSR count). The zero-order valence-corrected chi connectivity index (χ0v) is 20.8. The van der Waals surface area contributed by atoms with Crippen molar-refractivity contribution in [3.63, 3.8) is 0 Å². The molecule has 0 saturated heterocycles. The standard InChI is InChI=1S/C21H20BrCl2N3O3S/c1-12-8-14(22)9-13(2)20(12)25-18(28)11-31-21-27-26-19(30-21)4-3-7-29-17-6-5-15(23)10-16(17)24/h5-6,8-10H,3-4,7,11H2,1-2H3,(H,25,28). The van der Waals surface area contributed by atoms with Gasteiger partial charge in [0.25, 0.3) is 5.22 Å². The summed E-state index contributed by atoms with van der Waals surface area (Å²) in [4.78, 5) is 12.3. The summed E-state index contributed by atoms with van der Waals surface area (Å²) in [6, 6.07) is 9.01. The molecular weight excluding hydrogens is 525 g/mol. The minimum Gasteiger partial charge on any atom is -0.492 e. The summed E-state index contributed by atoms with van der Waals surface area (Å²) >= 11 is 16.6. The van der Waals surface area contributed by atoms with Crippen molar-refractivity contribution in [2.75, 3.05) is 17.7 Å². The van der Waals surface area contributed by atoms with Gasteiger partial charge in [0, 0.05) is 21.6 Å². The third kappa shape index (κ3) is 7.14. The topological polar surface area (TPSA) is 77.2 Å². The Labute approximate surface area is 203 Å². The lowest BCUT2D eigenvalue weighted by molar-refractivity contribution is -0.113. The Hall–Kier alpha value is -1.74. The van der Waals surface area contributed by atoms with Gasteiger partial charge in [-0.15, -0.1) is 10.2 Å². The number of ether oxygens (including phenoxy) is 1. The molecule has 0 fully saturated rings. The van der Waals surface area contributed by atoms with Crippen LogP contribution in [0.1, 0.15) is 23.4 Å². The van der Waals surface area contributed by atoms with Gasteiger partial charge in [0.2, 0.25) is 11.8 Å². The van der Waals surface area contributed by atoms with Gasteiger partial charge in [-0.2, -0.15) is 0 Å². The number of hydrogen-bond acceptors (Lipinski definition) is 6. The smallest absolute Gasteiger partial charge is 0.277 e. The highest BCUT2D eigenvalue weighted by molar-refractivity contribution is 9.10. The van der Waals surface area contributed by atoms with Crippen LogP contribution in [0.15, 0.2) is 44.4 Å². The SMILES string of the molecule is Cc1cc(Br)cc(C)c1NC(=O)CSc1nnc(CCCOc2ccc(Cl)cc2Cl)o1. The van der Waals surface area contributed by atoms with Gasteiger partial charge in [-0.1, -0.05) is 50.9 Å². The Bertz CT molecular complexity index is 1050. The fourth-order valence-electron chi connectivity index (χ4n) is 2.81. The van der Waals surface area contributed by atoms with Crippen LogP contribution in [-0.2, 0) is 11.2 Å². The fourth-order valence-corrected chi connectivity index (χ4v) is 4.54. The molecule has 1 amide bonds. The normalized spacial score (nSPS) is 10.9. The van der Waals surface area contributed by atoms with E-state index in [2.05, 4.69) is 31.4 Å². The van der Waals surface area contributed by atoms with Gasteiger partial charge in [0.1, 0.15) is 5.75 Å². The number of rotatable bonds is 9. The number of aromatic nitrogens is 2. The van der Waals surface area contributed by atoms with E-state index in [9.17, 15) is 4.79 Å². The lowest BCUT2D eigenvalue weighted by Crippen LogP contribution is -2.15. The van der Waals surface area contributed by atoms with E-state index < -0.39 is 0 Å². The molecule has 1 aromatic heterocycles. The molecule has 0 aliphatic heterocycles. The molecule has 0 atom stereocenters. The maximum Gasteiger partial charge on any atom is 0.277 e. The Morgan fingerprint density at radius 2 is 1.94 bits per heavy atom.